The lowest BCUT2D eigenvalue weighted by molar-refractivity contribution is -0.137. The Morgan fingerprint density at radius 1 is 1.22 bits per heavy atom. The van der Waals surface area contributed by atoms with Gasteiger partial charge in [-0.05, 0) is 37.5 Å². The smallest absolute Gasteiger partial charge is 0.290 e. The number of aryl methyl sites for hydroxylation is 1. The van der Waals surface area contributed by atoms with Crippen molar-refractivity contribution in [1.29, 1.82) is 0 Å². The molecule has 0 atom stereocenters. The van der Waals surface area contributed by atoms with Gasteiger partial charge in [0.2, 0.25) is 0 Å². The van der Waals surface area contributed by atoms with Crippen molar-refractivity contribution in [2.45, 2.75) is 45.1 Å². The number of thiazole rings is 1. The summed E-state index contributed by atoms with van der Waals surface area (Å²) in [6.45, 7) is 2.91. The van der Waals surface area contributed by atoms with Gasteiger partial charge in [-0.15, -0.1) is 11.3 Å². The van der Waals surface area contributed by atoms with Gasteiger partial charge in [-0.3, -0.25) is 14.1 Å². The summed E-state index contributed by atoms with van der Waals surface area (Å²) in [5, 5.41) is 1.90. The number of halogens is 3. The average Bonchev–Trinajstić information content (AvgIpc) is 3.38. The molecule has 142 valence electrons. The van der Waals surface area contributed by atoms with Crippen molar-refractivity contribution in [1.82, 2.24) is 14.3 Å². The monoisotopic (exact) mass is 393 g/mol. The molecular weight excluding hydrogens is 375 g/mol. The predicted octanol–water partition coefficient (Wildman–Crippen LogP) is 4.25. The summed E-state index contributed by atoms with van der Waals surface area (Å²) in [7, 11) is 0. The summed E-state index contributed by atoms with van der Waals surface area (Å²) in [6, 6.07) is 7.21. The van der Waals surface area contributed by atoms with Gasteiger partial charge in [0.15, 0.2) is 4.96 Å². The van der Waals surface area contributed by atoms with Crippen LogP contribution in [0.15, 0.2) is 40.5 Å². The maximum atomic E-state index is 12.7. The summed E-state index contributed by atoms with van der Waals surface area (Å²) in [4.78, 5) is 19.8. The van der Waals surface area contributed by atoms with Crippen LogP contribution in [0.1, 0.15) is 35.4 Å². The Bertz CT molecular complexity index is 1020. The molecule has 1 saturated carbocycles. The maximum Gasteiger partial charge on any atom is 0.416 e. The molecule has 0 N–H and O–H groups in total. The lowest BCUT2D eigenvalue weighted by atomic mass is 10.1. The fraction of sp³-hybridized carbons (Fsp3) is 0.368. The zero-order valence-electron chi connectivity index (χ0n) is 14.7. The second-order valence-corrected chi connectivity index (χ2v) is 7.75. The van der Waals surface area contributed by atoms with Crippen LogP contribution in [-0.4, -0.2) is 20.3 Å². The summed E-state index contributed by atoms with van der Waals surface area (Å²) in [6.07, 6.45) is -2.21. The van der Waals surface area contributed by atoms with Crippen molar-refractivity contribution in [2.24, 2.45) is 0 Å². The number of alkyl halides is 3. The quantitative estimate of drug-likeness (QED) is 0.651. The van der Waals surface area contributed by atoms with Gasteiger partial charge in [0.05, 0.1) is 11.3 Å². The van der Waals surface area contributed by atoms with Crippen LogP contribution in [0.25, 0.3) is 4.96 Å². The molecule has 0 unspecified atom stereocenters. The molecule has 1 aliphatic rings. The van der Waals surface area contributed by atoms with E-state index in [-0.39, 0.29) is 5.56 Å². The third kappa shape index (κ3) is 3.91. The third-order valence-electron chi connectivity index (χ3n) is 4.72. The molecule has 4 nitrogen and oxygen atoms in total. The number of rotatable bonds is 5. The number of hydrogen-bond acceptors (Lipinski definition) is 4. The highest BCUT2D eigenvalue weighted by Crippen LogP contribution is 2.32. The molecule has 0 aliphatic heterocycles. The highest BCUT2D eigenvalue weighted by Gasteiger charge is 2.31. The van der Waals surface area contributed by atoms with Crippen molar-refractivity contribution in [2.75, 3.05) is 0 Å². The normalized spacial score (nSPS) is 15.0. The van der Waals surface area contributed by atoms with Gasteiger partial charge in [-0.25, -0.2) is 4.98 Å². The predicted molar refractivity (Wildman–Crippen MR) is 97.8 cm³/mol. The molecule has 4 rings (SSSR count). The van der Waals surface area contributed by atoms with Crippen molar-refractivity contribution >= 4 is 16.3 Å². The van der Waals surface area contributed by atoms with Crippen LogP contribution < -0.4 is 5.56 Å². The summed E-state index contributed by atoms with van der Waals surface area (Å²) >= 11 is 1.43. The van der Waals surface area contributed by atoms with Crippen molar-refractivity contribution in [3.8, 4) is 0 Å². The standard InChI is InChI=1S/C19H18F3N3OS/c1-12-11-27-18-23-15(8-17(26)25(12)18)10-24(16-6-7-16)9-13-2-4-14(5-3-13)19(20,21)22/h2-5,8,11,16H,6-7,9-10H2,1H3. The molecule has 0 radical (unpaired) electrons. The third-order valence-corrected chi connectivity index (χ3v) is 5.67. The molecule has 0 spiro atoms. The SMILES string of the molecule is Cc1csc2nc(CN(Cc3ccc(C(F)(F)F)cc3)C3CC3)cc(=O)n12. The second-order valence-electron chi connectivity index (χ2n) is 6.91. The van der Waals surface area contributed by atoms with E-state index in [4.69, 9.17) is 0 Å². The molecule has 0 amide bonds. The summed E-state index contributed by atoms with van der Waals surface area (Å²) in [5.41, 5.74) is 1.64. The number of benzene rings is 1. The lowest BCUT2D eigenvalue weighted by Crippen LogP contribution is -2.27. The number of fused-ring (bicyclic) bond motifs is 1. The first-order valence-electron chi connectivity index (χ1n) is 8.68. The van der Waals surface area contributed by atoms with Crippen LogP contribution in [0.3, 0.4) is 0 Å². The van der Waals surface area contributed by atoms with E-state index in [1.165, 1.54) is 23.5 Å². The Morgan fingerprint density at radius 2 is 1.93 bits per heavy atom. The Labute approximate surface area is 157 Å². The van der Waals surface area contributed by atoms with E-state index in [1.807, 2.05) is 12.3 Å². The first-order valence-corrected chi connectivity index (χ1v) is 9.56. The van der Waals surface area contributed by atoms with Gasteiger partial charge in [0, 0.05) is 36.3 Å². The second kappa shape index (κ2) is 6.76. The fourth-order valence-electron chi connectivity index (χ4n) is 3.18. The molecule has 0 bridgehead atoms. The number of aromatic nitrogens is 2. The zero-order valence-corrected chi connectivity index (χ0v) is 15.5. The number of nitrogens with zero attached hydrogens (tertiary/aromatic N) is 3. The van der Waals surface area contributed by atoms with Crippen molar-refractivity contribution in [3.05, 3.63) is 68.6 Å². The van der Waals surface area contributed by atoms with Crippen LogP contribution in [0, 0.1) is 6.92 Å². The van der Waals surface area contributed by atoms with Gasteiger partial charge < -0.3 is 0 Å². The molecule has 1 fully saturated rings. The Kier molecular flexibility index (Phi) is 4.55. The Hall–Kier alpha value is -2.19. The van der Waals surface area contributed by atoms with Crippen LogP contribution in [0.2, 0.25) is 0 Å². The molecular formula is C19H18F3N3OS. The molecule has 3 aromatic rings. The van der Waals surface area contributed by atoms with Crippen molar-refractivity contribution in [3.63, 3.8) is 0 Å². The highest BCUT2D eigenvalue weighted by atomic mass is 32.1. The molecule has 2 heterocycles. The van der Waals surface area contributed by atoms with Crippen LogP contribution >= 0.6 is 11.3 Å². The lowest BCUT2D eigenvalue weighted by Gasteiger charge is -2.22. The van der Waals surface area contributed by atoms with Crippen LogP contribution in [0.4, 0.5) is 13.2 Å². The highest BCUT2D eigenvalue weighted by molar-refractivity contribution is 7.15. The largest absolute Gasteiger partial charge is 0.416 e. The molecule has 1 aliphatic carbocycles. The summed E-state index contributed by atoms with van der Waals surface area (Å²) in [5.74, 6) is 0. The van der Waals surface area contributed by atoms with Gasteiger partial charge in [-0.1, -0.05) is 12.1 Å². The van der Waals surface area contributed by atoms with Gasteiger partial charge in [0.1, 0.15) is 0 Å². The minimum atomic E-state index is -4.32. The summed E-state index contributed by atoms with van der Waals surface area (Å²) < 4.78 is 39.8. The maximum absolute atomic E-state index is 12.7. The van der Waals surface area contributed by atoms with Crippen LogP contribution in [0.5, 0.6) is 0 Å². The fourth-order valence-corrected chi connectivity index (χ4v) is 4.07. The van der Waals surface area contributed by atoms with Crippen LogP contribution in [-0.2, 0) is 19.3 Å². The van der Waals surface area contributed by atoms with E-state index in [0.717, 1.165) is 36.2 Å². The molecule has 0 saturated heterocycles. The Balaban J connectivity index is 1.54. The van der Waals surface area contributed by atoms with E-state index in [9.17, 15) is 18.0 Å². The van der Waals surface area contributed by atoms with Crippen molar-refractivity contribution < 1.29 is 13.2 Å². The van der Waals surface area contributed by atoms with E-state index < -0.39 is 11.7 Å². The van der Waals surface area contributed by atoms with Gasteiger partial charge in [0.25, 0.3) is 5.56 Å². The average molecular weight is 393 g/mol. The minimum Gasteiger partial charge on any atom is -0.290 e. The van der Waals surface area contributed by atoms with E-state index in [1.54, 1.807) is 10.5 Å². The minimum absolute atomic E-state index is 0.0981. The van der Waals surface area contributed by atoms with Gasteiger partial charge in [-0.2, -0.15) is 13.2 Å². The Morgan fingerprint density at radius 3 is 2.56 bits per heavy atom. The molecule has 1 aromatic carbocycles. The molecule has 8 heteroatoms. The van der Waals surface area contributed by atoms with E-state index in [2.05, 4.69) is 9.88 Å². The van der Waals surface area contributed by atoms with E-state index >= 15 is 0 Å². The molecule has 2 aromatic heterocycles. The first kappa shape index (κ1) is 18.2. The first-order chi connectivity index (χ1) is 12.8. The topological polar surface area (TPSA) is 37.6 Å². The van der Waals surface area contributed by atoms with Gasteiger partial charge >= 0.3 is 6.18 Å². The zero-order chi connectivity index (χ0) is 19.2. The number of hydrogen-bond donors (Lipinski definition) is 0. The van der Waals surface area contributed by atoms with E-state index in [0.29, 0.717) is 29.8 Å². The molecule has 27 heavy (non-hydrogen) atoms.